The first-order valence-electron chi connectivity index (χ1n) is 16.5. The number of carbonyl (C=O) groups excluding carboxylic acids is 3. The van der Waals surface area contributed by atoms with E-state index in [0.717, 1.165) is 25.2 Å². The minimum absolute atomic E-state index is 0.127. The van der Waals surface area contributed by atoms with E-state index in [1.165, 1.54) is 110 Å². The molecule has 1 amide bonds. The van der Waals surface area contributed by atoms with Crippen molar-refractivity contribution in [1.29, 1.82) is 0 Å². The lowest BCUT2D eigenvalue weighted by Gasteiger charge is -2.57. The molecule has 7 heteroatoms. The number of hydrogen-bond donors (Lipinski definition) is 2. The third-order valence-corrected chi connectivity index (χ3v) is 8.35. The van der Waals surface area contributed by atoms with E-state index in [9.17, 15) is 14.4 Å². The van der Waals surface area contributed by atoms with E-state index in [0.29, 0.717) is 56.6 Å². The van der Waals surface area contributed by atoms with Crippen LogP contribution in [0.15, 0.2) is 0 Å². The van der Waals surface area contributed by atoms with E-state index in [1.807, 2.05) is 0 Å². The van der Waals surface area contributed by atoms with Crippen molar-refractivity contribution in [3.05, 3.63) is 0 Å². The Morgan fingerprint density at radius 1 is 0.725 bits per heavy atom. The van der Waals surface area contributed by atoms with Gasteiger partial charge in [-0.15, -0.1) is 0 Å². The average Bonchev–Trinajstić information content (AvgIpc) is 2.89. The maximum absolute atomic E-state index is 12.1. The number of Topliss-reactive ketones (excluding diaryl/α,β-unsaturated/α-hetero) is 1. The summed E-state index contributed by atoms with van der Waals surface area (Å²) in [6.45, 7) is 5.66. The monoisotopic (exact) mass is 566 g/mol. The molecular weight excluding hydrogens is 504 g/mol. The van der Waals surface area contributed by atoms with E-state index in [4.69, 9.17) is 9.47 Å². The first-order valence-corrected chi connectivity index (χ1v) is 16.5. The van der Waals surface area contributed by atoms with Crippen LogP contribution in [-0.4, -0.2) is 63.5 Å². The summed E-state index contributed by atoms with van der Waals surface area (Å²) in [7, 11) is 2.06. The van der Waals surface area contributed by atoms with E-state index in [-0.39, 0.29) is 5.78 Å². The molecule has 1 spiro atoms. The highest BCUT2D eigenvalue weighted by atomic mass is 16.5. The molecule has 234 valence electrons. The molecule has 0 unspecified atom stereocenters. The highest BCUT2D eigenvalue weighted by Gasteiger charge is 2.52. The van der Waals surface area contributed by atoms with E-state index in [1.54, 1.807) is 0 Å². The van der Waals surface area contributed by atoms with Gasteiger partial charge in [0, 0.05) is 31.3 Å². The van der Waals surface area contributed by atoms with Gasteiger partial charge in [0.15, 0.2) is 0 Å². The predicted octanol–water partition coefficient (Wildman–Crippen LogP) is 6.70. The summed E-state index contributed by atoms with van der Waals surface area (Å²) in [5.74, 6) is 0.421. The van der Waals surface area contributed by atoms with Gasteiger partial charge < -0.3 is 24.9 Å². The third kappa shape index (κ3) is 18.9. The molecule has 0 aromatic rings. The highest BCUT2D eigenvalue weighted by molar-refractivity contribution is 5.76. The van der Waals surface area contributed by atoms with Crippen molar-refractivity contribution < 1.29 is 23.9 Å². The number of nitrogens with one attached hydrogen (secondary N) is 2. The van der Waals surface area contributed by atoms with Crippen molar-refractivity contribution in [2.24, 2.45) is 5.41 Å². The van der Waals surface area contributed by atoms with Crippen molar-refractivity contribution in [3.8, 4) is 0 Å². The molecule has 0 radical (unpaired) electrons. The van der Waals surface area contributed by atoms with Gasteiger partial charge in [0.05, 0.1) is 26.4 Å². The van der Waals surface area contributed by atoms with Crippen LogP contribution in [0.5, 0.6) is 0 Å². The summed E-state index contributed by atoms with van der Waals surface area (Å²) in [5, 5.41) is 6.62. The van der Waals surface area contributed by atoms with Crippen LogP contribution >= 0.6 is 0 Å². The highest BCUT2D eigenvalue weighted by Crippen LogP contribution is 2.55. The molecule has 0 atom stereocenters. The fraction of sp³-hybridized carbons (Fsp3) is 0.909. The molecule has 40 heavy (non-hydrogen) atoms. The van der Waals surface area contributed by atoms with Gasteiger partial charge >= 0.3 is 0 Å². The van der Waals surface area contributed by atoms with Gasteiger partial charge in [-0.2, -0.15) is 0 Å². The first kappa shape index (κ1) is 36.7. The number of unbranched alkanes of at least 4 members (excludes halogenated alkanes) is 12. The minimum Gasteiger partial charge on any atom is -0.379 e. The molecule has 2 rings (SSSR count). The molecule has 0 heterocycles. The number of ketones is 1. The number of carbonyl (C=O) groups is 3. The van der Waals surface area contributed by atoms with Gasteiger partial charge in [-0.3, -0.25) is 9.59 Å². The normalized spacial score (nSPS) is 21.2. The lowest BCUT2D eigenvalue weighted by molar-refractivity contribution is -0.125. The standard InChI is InChI=1S/C24H46N2O.C9H16O4/c1-3-4-5-6-7-8-9-10-11-12-13-14-15-16-23(27)26-22-19-24(20-22)17-21(18-24)25-2;1-9(11)3-6-13-8-7-12-5-2-4-10/h21-22,25H,3-20H2,1-2H3,(H,26,27);4H,2-3,5-8H2,1H3. The van der Waals surface area contributed by atoms with Crippen molar-refractivity contribution in [1.82, 2.24) is 10.6 Å². The molecule has 0 aromatic heterocycles. The Morgan fingerprint density at radius 3 is 1.73 bits per heavy atom. The first-order chi connectivity index (χ1) is 19.4. The number of aldehydes is 1. The smallest absolute Gasteiger partial charge is 0.220 e. The van der Waals surface area contributed by atoms with Crippen LogP contribution in [0, 0.1) is 5.41 Å². The lowest BCUT2D eigenvalue weighted by atomic mass is 9.52. The predicted molar refractivity (Wildman–Crippen MR) is 164 cm³/mol. The Kier molecular flexibility index (Phi) is 22.3. The number of ether oxygens (including phenoxy) is 2. The Labute approximate surface area is 245 Å². The summed E-state index contributed by atoms with van der Waals surface area (Å²) in [6, 6.07) is 1.20. The van der Waals surface area contributed by atoms with E-state index in [2.05, 4.69) is 24.6 Å². The van der Waals surface area contributed by atoms with E-state index >= 15 is 0 Å². The molecule has 7 nitrogen and oxygen atoms in total. The molecule has 2 aliphatic rings. The second-order valence-electron chi connectivity index (χ2n) is 12.2. The molecule has 0 bridgehead atoms. The average molecular weight is 567 g/mol. The van der Waals surface area contributed by atoms with Crippen molar-refractivity contribution in [3.63, 3.8) is 0 Å². The van der Waals surface area contributed by atoms with Crippen LogP contribution in [0.25, 0.3) is 0 Å². The Morgan fingerprint density at radius 2 is 1.23 bits per heavy atom. The molecule has 0 aliphatic heterocycles. The van der Waals surface area contributed by atoms with Crippen molar-refractivity contribution >= 4 is 18.0 Å². The Hall–Kier alpha value is -1.31. The molecule has 0 aromatic carbocycles. The van der Waals surface area contributed by atoms with E-state index < -0.39 is 0 Å². The summed E-state index contributed by atoms with van der Waals surface area (Å²) < 4.78 is 10.1. The zero-order valence-corrected chi connectivity index (χ0v) is 26.2. The van der Waals surface area contributed by atoms with Crippen molar-refractivity contribution in [2.45, 2.75) is 154 Å². The molecule has 2 aliphatic carbocycles. The van der Waals surface area contributed by atoms with Gasteiger partial charge in [-0.05, 0) is 51.5 Å². The number of amides is 1. The number of hydrogen-bond acceptors (Lipinski definition) is 6. The Balaban J connectivity index is 0.000000520. The number of rotatable bonds is 25. The van der Waals surface area contributed by atoms with Crippen LogP contribution in [0.4, 0.5) is 0 Å². The fourth-order valence-electron chi connectivity index (χ4n) is 5.88. The van der Waals surface area contributed by atoms with Crippen LogP contribution in [-0.2, 0) is 23.9 Å². The molecular formula is C33H62N2O5. The topological polar surface area (TPSA) is 93.7 Å². The quantitative estimate of drug-likeness (QED) is 0.0943. The van der Waals surface area contributed by atoms with Crippen LogP contribution < -0.4 is 10.6 Å². The van der Waals surface area contributed by atoms with Gasteiger partial charge in [0.2, 0.25) is 5.91 Å². The SMILES string of the molecule is CC(=O)CCOCCOCCC=O.CCCCCCCCCCCCCCCC(=O)NC1CC2(CC(NC)C2)C1. The maximum Gasteiger partial charge on any atom is 0.220 e. The van der Waals surface area contributed by atoms with Gasteiger partial charge in [-0.25, -0.2) is 0 Å². The van der Waals surface area contributed by atoms with Crippen LogP contribution in [0.2, 0.25) is 0 Å². The van der Waals surface area contributed by atoms with Gasteiger partial charge in [0.25, 0.3) is 0 Å². The minimum atomic E-state index is 0.127. The molecule has 2 fully saturated rings. The summed E-state index contributed by atoms with van der Waals surface area (Å²) in [6.07, 6.45) is 25.2. The molecule has 0 saturated heterocycles. The molecule has 2 saturated carbocycles. The second-order valence-corrected chi connectivity index (χ2v) is 12.2. The fourth-order valence-corrected chi connectivity index (χ4v) is 5.88. The summed E-state index contributed by atoms with van der Waals surface area (Å²) in [4.78, 5) is 32.4. The van der Waals surface area contributed by atoms with Gasteiger partial charge in [-0.1, -0.05) is 84.0 Å². The largest absolute Gasteiger partial charge is 0.379 e. The van der Waals surface area contributed by atoms with Gasteiger partial charge in [0.1, 0.15) is 12.1 Å². The zero-order chi connectivity index (χ0) is 29.3. The van der Waals surface area contributed by atoms with Crippen molar-refractivity contribution in [2.75, 3.05) is 33.5 Å². The maximum atomic E-state index is 12.1. The van der Waals surface area contributed by atoms with Crippen LogP contribution in [0.1, 0.15) is 142 Å². The summed E-state index contributed by atoms with van der Waals surface area (Å²) >= 11 is 0. The van der Waals surface area contributed by atoms with Crippen LogP contribution in [0.3, 0.4) is 0 Å². The second kappa shape index (κ2) is 24.3. The third-order valence-electron chi connectivity index (χ3n) is 8.35. The summed E-state index contributed by atoms with van der Waals surface area (Å²) in [5.41, 5.74) is 0.584. The zero-order valence-electron chi connectivity index (χ0n) is 26.2. The molecule has 2 N–H and O–H groups in total. The lowest BCUT2D eigenvalue weighted by Crippen LogP contribution is -2.60. The Bertz CT molecular complexity index is 643.